The van der Waals surface area contributed by atoms with Gasteiger partial charge in [0.25, 0.3) is 0 Å². The van der Waals surface area contributed by atoms with Crippen molar-refractivity contribution in [3.05, 3.63) is 0 Å². The van der Waals surface area contributed by atoms with Gasteiger partial charge in [-0.3, -0.25) is 10.2 Å². The predicted molar refractivity (Wildman–Crippen MR) is 40.5 cm³/mol. The molecule has 0 aromatic rings. The maximum absolute atomic E-state index is 11.0. The number of hydrazine groups is 1. The van der Waals surface area contributed by atoms with Crippen LogP contribution in [0.3, 0.4) is 0 Å². The Morgan fingerprint density at radius 3 is 2.73 bits per heavy atom. The highest BCUT2D eigenvalue weighted by atomic mass is 16.5. The van der Waals surface area contributed by atoms with Gasteiger partial charge in [-0.25, -0.2) is 5.84 Å². The van der Waals surface area contributed by atoms with Gasteiger partial charge in [-0.2, -0.15) is 0 Å². The van der Waals surface area contributed by atoms with Gasteiger partial charge in [-0.1, -0.05) is 0 Å². The van der Waals surface area contributed by atoms with E-state index in [1.165, 1.54) is 0 Å². The SMILES string of the molecule is CC1(C)CC(C(=O)NN)CO1. The average Bonchev–Trinajstić information content (AvgIpc) is 2.29. The van der Waals surface area contributed by atoms with Crippen LogP contribution in [0.4, 0.5) is 0 Å². The number of carbonyl (C=O) groups is 1. The fourth-order valence-corrected chi connectivity index (χ4v) is 1.32. The molecule has 0 aromatic heterocycles. The van der Waals surface area contributed by atoms with E-state index in [1.807, 2.05) is 13.8 Å². The third-order valence-electron chi connectivity index (χ3n) is 1.93. The number of hydrogen-bond acceptors (Lipinski definition) is 3. The van der Waals surface area contributed by atoms with Gasteiger partial charge in [0, 0.05) is 0 Å². The summed E-state index contributed by atoms with van der Waals surface area (Å²) in [4.78, 5) is 11.0. The van der Waals surface area contributed by atoms with Crippen molar-refractivity contribution in [2.45, 2.75) is 25.9 Å². The van der Waals surface area contributed by atoms with Crippen LogP contribution in [0.5, 0.6) is 0 Å². The van der Waals surface area contributed by atoms with Crippen LogP contribution in [0.15, 0.2) is 0 Å². The molecule has 1 heterocycles. The number of nitrogens with two attached hydrogens (primary N) is 1. The number of ether oxygens (including phenoxy) is 1. The first kappa shape index (κ1) is 8.49. The van der Waals surface area contributed by atoms with Crippen LogP contribution >= 0.6 is 0 Å². The standard InChI is InChI=1S/C7H14N2O2/c1-7(2)3-5(4-11-7)6(10)9-8/h5H,3-4,8H2,1-2H3,(H,9,10). The van der Waals surface area contributed by atoms with Gasteiger partial charge in [0.05, 0.1) is 18.1 Å². The Bertz CT molecular complexity index is 168. The zero-order chi connectivity index (χ0) is 8.48. The Balaban J connectivity index is 2.48. The second kappa shape index (κ2) is 2.79. The lowest BCUT2D eigenvalue weighted by molar-refractivity contribution is -0.125. The molecule has 1 amide bonds. The van der Waals surface area contributed by atoms with Gasteiger partial charge < -0.3 is 4.74 Å². The van der Waals surface area contributed by atoms with Crippen molar-refractivity contribution in [3.8, 4) is 0 Å². The second-order valence-corrected chi connectivity index (χ2v) is 3.48. The fourth-order valence-electron chi connectivity index (χ4n) is 1.32. The first-order chi connectivity index (χ1) is 5.05. The van der Waals surface area contributed by atoms with Crippen molar-refractivity contribution in [3.63, 3.8) is 0 Å². The van der Waals surface area contributed by atoms with E-state index in [2.05, 4.69) is 5.43 Å². The van der Waals surface area contributed by atoms with Gasteiger partial charge in [0.15, 0.2) is 0 Å². The van der Waals surface area contributed by atoms with Crippen LogP contribution in [0, 0.1) is 5.92 Å². The molecule has 1 unspecified atom stereocenters. The predicted octanol–water partition coefficient (Wildman–Crippen LogP) is -0.209. The first-order valence-corrected chi connectivity index (χ1v) is 3.69. The van der Waals surface area contributed by atoms with Gasteiger partial charge in [0.1, 0.15) is 0 Å². The maximum atomic E-state index is 11.0. The highest BCUT2D eigenvalue weighted by Gasteiger charge is 2.35. The summed E-state index contributed by atoms with van der Waals surface area (Å²) < 4.78 is 5.36. The maximum Gasteiger partial charge on any atom is 0.239 e. The van der Waals surface area contributed by atoms with Gasteiger partial charge >= 0.3 is 0 Å². The molecule has 0 aliphatic carbocycles. The Morgan fingerprint density at radius 1 is 1.73 bits per heavy atom. The summed E-state index contributed by atoms with van der Waals surface area (Å²) in [5.74, 6) is 4.78. The van der Waals surface area contributed by atoms with E-state index in [4.69, 9.17) is 10.6 Å². The normalized spacial score (nSPS) is 28.5. The van der Waals surface area contributed by atoms with Crippen LogP contribution < -0.4 is 11.3 Å². The zero-order valence-corrected chi connectivity index (χ0v) is 6.89. The molecule has 3 N–H and O–H groups in total. The monoisotopic (exact) mass is 158 g/mol. The topological polar surface area (TPSA) is 64.4 Å². The molecule has 1 atom stereocenters. The molecule has 0 bridgehead atoms. The number of hydrogen-bond donors (Lipinski definition) is 2. The number of amides is 1. The summed E-state index contributed by atoms with van der Waals surface area (Å²) in [5.41, 5.74) is 1.96. The molecular formula is C7H14N2O2. The van der Waals surface area contributed by atoms with Crippen molar-refractivity contribution in [2.24, 2.45) is 11.8 Å². The van der Waals surface area contributed by atoms with Crippen LogP contribution in [-0.4, -0.2) is 18.1 Å². The molecule has 1 saturated heterocycles. The molecule has 11 heavy (non-hydrogen) atoms. The number of nitrogens with one attached hydrogen (secondary N) is 1. The largest absolute Gasteiger partial charge is 0.375 e. The van der Waals surface area contributed by atoms with Crippen LogP contribution in [0.1, 0.15) is 20.3 Å². The summed E-state index contributed by atoms with van der Waals surface area (Å²) in [5, 5.41) is 0. The highest BCUT2D eigenvalue weighted by molar-refractivity contribution is 5.78. The highest BCUT2D eigenvalue weighted by Crippen LogP contribution is 2.28. The molecular weight excluding hydrogens is 144 g/mol. The van der Waals surface area contributed by atoms with Crippen molar-refractivity contribution in [2.75, 3.05) is 6.61 Å². The third kappa shape index (κ3) is 1.91. The third-order valence-corrected chi connectivity index (χ3v) is 1.93. The van der Waals surface area contributed by atoms with Gasteiger partial charge in [-0.15, -0.1) is 0 Å². The summed E-state index contributed by atoms with van der Waals surface area (Å²) >= 11 is 0. The van der Waals surface area contributed by atoms with Gasteiger partial charge in [-0.05, 0) is 20.3 Å². The van der Waals surface area contributed by atoms with Gasteiger partial charge in [0.2, 0.25) is 5.91 Å². The molecule has 64 valence electrons. The van der Waals surface area contributed by atoms with E-state index in [0.29, 0.717) is 6.61 Å². The molecule has 1 aliphatic heterocycles. The van der Waals surface area contributed by atoms with E-state index in [1.54, 1.807) is 0 Å². The average molecular weight is 158 g/mol. The summed E-state index contributed by atoms with van der Waals surface area (Å²) in [7, 11) is 0. The Kier molecular flexibility index (Phi) is 2.15. The Labute approximate surface area is 66.1 Å². The molecule has 4 heteroatoms. The smallest absolute Gasteiger partial charge is 0.239 e. The Morgan fingerprint density at radius 2 is 2.36 bits per heavy atom. The van der Waals surface area contributed by atoms with Crippen LogP contribution in [0.2, 0.25) is 0 Å². The second-order valence-electron chi connectivity index (χ2n) is 3.48. The summed E-state index contributed by atoms with van der Waals surface area (Å²) in [6.45, 7) is 4.42. The van der Waals surface area contributed by atoms with Crippen LogP contribution in [-0.2, 0) is 9.53 Å². The van der Waals surface area contributed by atoms with Crippen molar-refractivity contribution >= 4 is 5.91 Å². The van der Waals surface area contributed by atoms with E-state index >= 15 is 0 Å². The van der Waals surface area contributed by atoms with Crippen molar-refractivity contribution in [1.82, 2.24) is 5.43 Å². The lowest BCUT2D eigenvalue weighted by atomic mass is 9.97. The minimum atomic E-state index is -0.169. The number of carbonyl (C=O) groups excluding carboxylic acids is 1. The summed E-state index contributed by atoms with van der Waals surface area (Å²) in [6.07, 6.45) is 0.746. The molecule has 1 rings (SSSR count). The quantitative estimate of drug-likeness (QED) is 0.315. The lowest BCUT2D eigenvalue weighted by Gasteiger charge is -2.15. The van der Waals surface area contributed by atoms with Crippen molar-refractivity contribution < 1.29 is 9.53 Å². The summed E-state index contributed by atoms with van der Waals surface area (Å²) in [6, 6.07) is 0. The van der Waals surface area contributed by atoms with E-state index in [9.17, 15) is 4.79 Å². The molecule has 1 aliphatic rings. The molecule has 0 radical (unpaired) electrons. The molecule has 0 aromatic carbocycles. The minimum Gasteiger partial charge on any atom is -0.375 e. The van der Waals surface area contributed by atoms with Crippen LogP contribution in [0.25, 0.3) is 0 Å². The fraction of sp³-hybridized carbons (Fsp3) is 0.857. The number of rotatable bonds is 1. The van der Waals surface area contributed by atoms with E-state index in [-0.39, 0.29) is 17.4 Å². The van der Waals surface area contributed by atoms with Crippen molar-refractivity contribution in [1.29, 1.82) is 0 Å². The minimum absolute atomic E-state index is 0.0741. The molecule has 0 saturated carbocycles. The lowest BCUT2D eigenvalue weighted by Crippen LogP contribution is -2.36. The zero-order valence-electron chi connectivity index (χ0n) is 6.89. The van der Waals surface area contributed by atoms with E-state index < -0.39 is 0 Å². The molecule has 1 fully saturated rings. The molecule has 4 nitrogen and oxygen atoms in total. The first-order valence-electron chi connectivity index (χ1n) is 3.69. The molecule has 0 spiro atoms. The Hall–Kier alpha value is -0.610. The van der Waals surface area contributed by atoms with E-state index in [0.717, 1.165) is 6.42 Å².